The van der Waals surface area contributed by atoms with Crippen molar-refractivity contribution in [3.8, 4) is 11.4 Å². The molecule has 0 atom stereocenters. The third-order valence-electron chi connectivity index (χ3n) is 1.90. The van der Waals surface area contributed by atoms with Gasteiger partial charge in [-0.05, 0) is 47.8 Å². The quantitative estimate of drug-likeness (QED) is 0.674. The highest BCUT2D eigenvalue weighted by atomic mass is 127. The van der Waals surface area contributed by atoms with E-state index in [0.717, 1.165) is 17.9 Å². The van der Waals surface area contributed by atoms with E-state index in [-0.39, 0.29) is 0 Å². The maximum Gasteiger partial charge on any atom is 0.195 e. The number of aromatic nitrogens is 3. The van der Waals surface area contributed by atoms with Gasteiger partial charge in [0.1, 0.15) is 0 Å². The van der Waals surface area contributed by atoms with Crippen molar-refractivity contribution in [2.75, 3.05) is 0 Å². The van der Waals surface area contributed by atoms with E-state index in [1.165, 1.54) is 2.88 Å². The Balaban J connectivity index is 2.56. The lowest BCUT2D eigenvalue weighted by Gasteiger charge is -1.99. The van der Waals surface area contributed by atoms with E-state index in [9.17, 15) is 0 Å². The topological polar surface area (TPSA) is 33.6 Å². The number of hydrogen-bond acceptors (Lipinski definition) is 3. The summed E-state index contributed by atoms with van der Waals surface area (Å²) in [5.41, 5.74) is 1.13. The number of nitrogens with one attached hydrogen (secondary N) is 1. The normalized spacial score (nSPS) is 10.7. The van der Waals surface area contributed by atoms with Crippen molar-refractivity contribution in [3.63, 3.8) is 0 Å². The molecule has 0 aromatic carbocycles. The van der Waals surface area contributed by atoms with Crippen LogP contribution >= 0.6 is 46.1 Å². The minimum atomic E-state index is 0.684. The Labute approximate surface area is 104 Å². The highest BCUT2D eigenvalue weighted by molar-refractivity contribution is 14.1. The summed E-state index contributed by atoms with van der Waals surface area (Å²) in [5, 5.41) is 9.13. The van der Waals surface area contributed by atoms with Gasteiger partial charge in [0.2, 0.25) is 0 Å². The number of rotatable bonds is 2. The second-order valence-electron chi connectivity index (χ2n) is 2.74. The number of aromatic amines is 1. The largest absolute Gasteiger partial charge is 0.300 e. The molecule has 2 aromatic rings. The number of hydrogen-bond donors (Lipinski definition) is 1. The molecule has 2 rings (SSSR count). The predicted molar refractivity (Wildman–Crippen MR) is 69.1 cm³/mol. The fourth-order valence-corrected chi connectivity index (χ4v) is 2.84. The zero-order valence-electron chi connectivity index (χ0n) is 7.45. The van der Waals surface area contributed by atoms with Crippen molar-refractivity contribution in [1.29, 1.82) is 0 Å². The Kier molecular flexibility index (Phi) is 3.03. The number of thiophene rings is 1. The van der Waals surface area contributed by atoms with Crippen LogP contribution in [0.3, 0.4) is 0 Å². The molecule has 0 fully saturated rings. The Morgan fingerprint density at radius 1 is 1.71 bits per heavy atom. The summed E-state index contributed by atoms with van der Waals surface area (Å²) >= 11 is 9.14. The van der Waals surface area contributed by atoms with Gasteiger partial charge in [-0.3, -0.25) is 5.10 Å². The van der Waals surface area contributed by atoms with Crippen molar-refractivity contribution < 1.29 is 0 Å². The first-order chi connectivity index (χ1) is 6.72. The van der Waals surface area contributed by atoms with E-state index >= 15 is 0 Å². The molecular weight excluding hydrogens is 329 g/mol. The van der Waals surface area contributed by atoms with Crippen LogP contribution in [-0.2, 0) is 6.54 Å². The first kappa shape index (κ1) is 10.3. The molecule has 0 saturated heterocycles. The molecule has 6 heteroatoms. The lowest BCUT2D eigenvalue weighted by Crippen LogP contribution is -1.96. The predicted octanol–water partition coefficient (Wildman–Crippen LogP) is 3.29. The fourth-order valence-electron chi connectivity index (χ4n) is 1.26. The summed E-state index contributed by atoms with van der Waals surface area (Å²) < 4.78 is 3.94. The smallest absolute Gasteiger partial charge is 0.195 e. The van der Waals surface area contributed by atoms with Gasteiger partial charge in [-0.1, -0.05) is 0 Å². The molecule has 1 N–H and O–H groups in total. The molecule has 0 radical (unpaired) electrons. The van der Waals surface area contributed by atoms with Crippen LogP contribution in [0.4, 0.5) is 0 Å². The Hall–Kier alpha value is -0.210. The van der Waals surface area contributed by atoms with Crippen LogP contribution in [0.5, 0.6) is 0 Å². The maximum atomic E-state index is 5.13. The fraction of sp³-hybridized carbons (Fsp3) is 0.250. The molecule has 3 nitrogen and oxygen atoms in total. The highest BCUT2D eigenvalue weighted by Gasteiger charge is 2.08. The van der Waals surface area contributed by atoms with Crippen LogP contribution in [-0.4, -0.2) is 14.8 Å². The lowest BCUT2D eigenvalue weighted by atomic mass is 10.3. The van der Waals surface area contributed by atoms with Gasteiger partial charge in [-0.25, -0.2) is 0 Å². The average Bonchev–Trinajstić information content (AvgIpc) is 2.71. The molecule has 0 bridgehead atoms. The van der Waals surface area contributed by atoms with Crippen LogP contribution in [0, 0.1) is 7.65 Å². The summed E-state index contributed by atoms with van der Waals surface area (Å²) in [6.07, 6.45) is 0. The summed E-state index contributed by atoms with van der Waals surface area (Å²) in [4.78, 5) is 0. The summed E-state index contributed by atoms with van der Waals surface area (Å²) in [6, 6.07) is 2.11. The number of halogens is 1. The summed E-state index contributed by atoms with van der Waals surface area (Å²) in [7, 11) is 0. The maximum absolute atomic E-state index is 5.13. The van der Waals surface area contributed by atoms with Gasteiger partial charge in [-0.2, -0.15) is 5.10 Å². The van der Waals surface area contributed by atoms with E-state index < -0.39 is 0 Å². The second-order valence-corrected chi connectivity index (χ2v) is 5.93. The summed E-state index contributed by atoms with van der Waals surface area (Å²) in [5.74, 6) is 0.927. The Morgan fingerprint density at radius 3 is 3.07 bits per heavy atom. The van der Waals surface area contributed by atoms with Crippen LogP contribution in [0.2, 0.25) is 0 Å². The molecule has 0 unspecified atom stereocenters. The van der Waals surface area contributed by atoms with Crippen LogP contribution < -0.4 is 0 Å². The third kappa shape index (κ3) is 1.78. The van der Waals surface area contributed by atoms with Crippen molar-refractivity contribution in [3.05, 3.63) is 19.1 Å². The molecule has 0 aliphatic heterocycles. The highest BCUT2D eigenvalue weighted by Crippen LogP contribution is 2.25. The zero-order valence-corrected chi connectivity index (χ0v) is 11.2. The average molecular weight is 337 g/mol. The standard InChI is InChI=1S/C8H8IN3S2/c1-2-12-7(10-11-8(12)13)5-3-6(9)14-4-5/h3-4H,2H2,1H3,(H,11,13). The zero-order chi connectivity index (χ0) is 10.1. The van der Waals surface area contributed by atoms with Gasteiger partial charge >= 0.3 is 0 Å². The molecule has 0 aliphatic carbocycles. The second kappa shape index (κ2) is 4.11. The number of H-pyrrole nitrogens is 1. The molecule has 2 aromatic heterocycles. The number of nitrogens with zero attached hydrogens (tertiary/aromatic N) is 2. The van der Waals surface area contributed by atoms with Crippen molar-refractivity contribution in [2.45, 2.75) is 13.5 Å². The first-order valence-electron chi connectivity index (χ1n) is 4.12. The van der Waals surface area contributed by atoms with E-state index in [4.69, 9.17) is 12.2 Å². The van der Waals surface area contributed by atoms with Crippen LogP contribution in [0.1, 0.15) is 6.92 Å². The van der Waals surface area contributed by atoms with Gasteiger partial charge in [0.25, 0.3) is 0 Å². The van der Waals surface area contributed by atoms with Crippen molar-refractivity contribution in [2.24, 2.45) is 0 Å². The molecule has 0 spiro atoms. The summed E-state index contributed by atoms with van der Waals surface area (Å²) in [6.45, 7) is 2.91. The van der Waals surface area contributed by atoms with Crippen LogP contribution in [0.25, 0.3) is 11.4 Å². The van der Waals surface area contributed by atoms with Gasteiger partial charge in [-0.15, -0.1) is 11.3 Å². The first-order valence-corrected chi connectivity index (χ1v) is 6.48. The molecule has 14 heavy (non-hydrogen) atoms. The molecule has 74 valence electrons. The lowest BCUT2D eigenvalue weighted by molar-refractivity contribution is 0.756. The molecule has 2 heterocycles. The van der Waals surface area contributed by atoms with E-state index in [2.05, 4.69) is 51.2 Å². The van der Waals surface area contributed by atoms with Crippen LogP contribution in [0.15, 0.2) is 11.4 Å². The molecular formula is C8H8IN3S2. The van der Waals surface area contributed by atoms with Gasteiger partial charge in [0.15, 0.2) is 10.6 Å². The minimum absolute atomic E-state index is 0.684. The van der Waals surface area contributed by atoms with E-state index in [1.807, 2.05) is 4.57 Å². The van der Waals surface area contributed by atoms with Gasteiger partial charge < -0.3 is 4.57 Å². The molecule has 0 amide bonds. The van der Waals surface area contributed by atoms with Crippen molar-refractivity contribution in [1.82, 2.24) is 14.8 Å². The molecule has 0 saturated carbocycles. The van der Waals surface area contributed by atoms with Gasteiger partial charge in [0.05, 0.1) is 2.88 Å². The minimum Gasteiger partial charge on any atom is -0.300 e. The van der Waals surface area contributed by atoms with Gasteiger partial charge in [0, 0.05) is 17.5 Å². The van der Waals surface area contributed by atoms with E-state index in [0.29, 0.717) is 4.77 Å². The molecule has 0 aliphatic rings. The Bertz CT molecular complexity index is 497. The third-order valence-corrected chi connectivity index (χ3v) is 4.00. The monoisotopic (exact) mass is 337 g/mol. The Morgan fingerprint density at radius 2 is 2.50 bits per heavy atom. The van der Waals surface area contributed by atoms with E-state index in [1.54, 1.807) is 11.3 Å². The SMILES string of the molecule is CCn1c(-c2csc(I)c2)n[nH]c1=S. The van der Waals surface area contributed by atoms with Crippen molar-refractivity contribution >= 4 is 46.1 Å².